The molecule has 1 heterocycles. The molecule has 0 saturated carbocycles. The van der Waals surface area contributed by atoms with Crippen molar-refractivity contribution in [3.8, 4) is 5.75 Å². The Morgan fingerprint density at radius 2 is 2.12 bits per heavy atom. The molecule has 0 aliphatic carbocycles. The Morgan fingerprint density at radius 3 is 2.80 bits per heavy atom. The maximum Gasteiger partial charge on any atom is 0.309 e. The molecule has 0 spiro atoms. The van der Waals surface area contributed by atoms with Crippen LogP contribution < -0.4 is 4.74 Å². The van der Waals surface area contributed by atoms with Gasteiger partial charge in [0.25, 0.3) is 0 Å². The lowest BCUT2D eigenvalue weighted by Gasteiger charge is -2.32. The molecule has 1 fully saturated rings. The van der Waals surface area contributed by atoms with Crippen LogP contribution in [-0.4, -0.2) is 54.9 Å². The molecular weight excluding hydrogens is 318 g/mol. The number of carbonyl (C=O) groups is 1. The van der Waals surface area contributed by atoms with Gasteiger partial charge in [0.2, 0.25) is 0 Å². The second kappa shape index (κ2) is 10.2. The number of para-hydroxylation sites is 1. The number of nitrogens with zero attached hydrogens (tertiary/aromatic N) is 1. The van der Waals surface area contributed by atoms with E-state index in [4.69, 9.17) is 9.47 Å². The molecule has 5 nitrogen and oxygen atoms in total. The summed E-state index contributed by atoms with van der Waals surface area (Å²) in [6.45, 7) is 8.43. The number of benzene rings is 1. The van der Waals surface area contributed by atoms with Gasteiger partial charge in [0.1, 0.15) is 18.5 Å². The minimum atomic E-state index is -0.559. The number of likely N-dealkylation sites (tertiary alicyclic amines) is 1. The fourth-order valence-electron chi connectivity index (χ4n) is 3.12. The zero-order valence-corrected chi connectivity index (χ0v) is 15.0. The van der Waals surface area contributed by atoms with Crippen molar-refractivity contribution >= 4 is 5.97 Å². The first-order valence-electron chi connectivity index (χ1n) is 9.02. The predicted molar refractivity (Wildman–Crippen MR) is 97.6 cm³/mol. The molecule has 138 valence electrons. The van der Waals surface area contributed by atoms with Gasteiger partial charge in [-0.3, -0.25) is 4.79 Å². The van der Waals surface area contributed by atoms with Crippen molar-refractivity contribution in [3.63, 3.8) is 0 Å². The van der Waals surface area contributed by atoms with Crippen molar-refractivity contribution in [2.75, 3.05) is 32.8 Å². The molecule has 0 amide bonds. The van der Waals surface area contributed by atoms with E-state index in [-0.39, 0.29) is 18.5 Å². The van der Waals surface area contributed by atoms with Gasteiger partial charge in [0.05, 0.1) is 12.5 Å². The van der Waals surface area contributed by atoms with Gasteiger partial charge >= 0.3 is 5.97 Å². The first kappa shape index (κ1) is 19.5. The molecular formula is C20H29NO4. The van der Waals surface area contributed by atoms with Gasteiger partial charge in [0, 0.05) is 6.54 Å². The van der Waals surface area contributed by atoms with Crippen molar-refractivity contribution in [2.24, 2.45) is 5.92 Å². The van der Waals surface area contributed by atoms with Gasteiger partial charge in [-0.15, -0.1) is 6.58 Å². The first-order chi connectivity index (χ1) is 12.1. The maximum atomic E-state index is 11.8. The minimum absolute atomic E-state index is 0.00428. The quantitative estimate of drug-likeness (QED) is 0.549. The molecule has 1 aliphatic rings. The van der Waals surface area contributed by atoms with Crippen LogP contribution in [-0.2, 0) is 16.0 Å². The third-order valence-corrected chi connectivity index (χ3v) is 4.44. The fourth-order valence-corrected chi connectivity index (χ4v) is 3.12. The zero-order valence-electron chi connectivity index (χ0n) is 15.0. The summed E-state index contributed by atoms with van der Waals surface area (Å²) in [4.78, 5) is 13.9. The molecule has 1 atom stereocenters. The molecule has 0 radical (unpaired) electrons. The fraction of sp³-hybridized carbons (Fsp3) is 0.550. The smallest absolute Gasteiger partial charge is 0.309 e. The monoisotopic (exact) mass is 347 g/mol. The second-order valence-electron chi connectivity index (χ2n) is 6.39. The Balaban J connectivity index is 1.74. The highest BCUT2D eigenvalue weighted by atomic mass is 16.5. The molecule has 1 aliphatic heterocycles. The summed E-state index contributed by atoms with van der Waals surface area (Å²) in [6.07, 6.45) is 3.60. The van der Waals surface area contributed by atoms with E-state index < -0.39 is 6.10 Å². The maximum absolute atomic E-state index is 11.8. The largest absolute Gasteiger partial charge is 0.491 e. The van der Waals surface area contributed by atoms with E-state index in [2.05, 4.69) is 11.5 Å². The van der Waals surface area contributed by atoms with Gasteiger partial charge in [-0.2, -0.15) is 0 Å². The Hall–Kier alpha value is -1.85. The van der Waals surface area contributed by atoms with Crippen LogP contribution in [0.5, 0.6) is 5.75 Å². The molecule has 1 N–H and O–H groups in total. The number of aliphatic hydroxyl groups excluding tert-OH is 1. The lowest BCUT2D eigenvalue weighted by molar-refractivity contribution is -0.149. The third-order valence-electron chi connectivity index (χ3n) is 4.44. The van der Waals surface area contributed by atoms with Gasteiger partial charge in [-0.25, -0.2) is 0 Å². The Kier molecular flexibility index (Phi) is 7.95. The summed E-state index contributed by atoms with van der Waals surface area (Å²) < 4.78 is 10.9. The summed E-state index contributed by atoms with van der Waals surface area (Å²) >= 11 is 0. The molecule has 5 heteroatoms. The highest BCUT2D eigenvalue weighted by Gasteiger charge is 2.26. The number of hydrogen-bond acceptors (Lipinski definition) is 5. The second-order valence-corrected chi connectivity index (χ2v) is 6.39. The van der Waals surface area contributed by atoms with Gasteiger partial charge in [-0.05, 0) is 50.9 Å². The third kappa shape index (κ3) is 6.18. The summed E-state index contributed by atoms with van der Waals surface area (Å²) in [5, 5.41) is 10.3. The van der Waals surface area contributed by atoms with E-state index in [9.17, 15) is 9.90 Å². The van der Waals surface area contributed by atoms with Crippen molar-refractivity contribution in [3.05, 3.63) is 42.5 Å². The molecule has 1 saturated heterocycles. The number of piperidine rings is 1. The van der Waals surface area contributed by atoms with Crippen LogP contribution in [0.2, 0.25) is 0 Å². The topological polar surface area (TPSA) is 59.0 Å². The van der Waals surface area contributed by atoms with Crippen LogP contribution in [0, 0.1) is 5.92 Å². The van der Waals surface area contributed by atoms with Crippen LogP contribution >= 0.6 is 0 Å². The highest BCUT2D eigenvalue weighted by Crippen LogP contribution is 2.20. The number of carbonyl (C=O) groups excluding carboxylic acids is 1. The number of esters is 1. The van der Waals surface area contributed by atoms with E-state index in [1.54, 1.807) is 0 Å². The number of β-amino-alcohol motifs (C(OH)–C–C–N with tert-alkyl or cyclic N) is 1. The van der Waals surface area contributed by atoms with Crippen molar-refractivity contribution in [2.45, 2.75) is 32.3 Å². The Morgan fingerprint density at radius 1 is 1.40 bits per heavy atom. The molecule has 2 rings (SSSR count). The zero-order chi connectivity index (χ0) is 18.1. The van der Waals surface area contributed by atoms with E-state index >= 15 is 0 Å². The number of rotatable bonds is 9. The lowest BCUT2D eigenvalue weighted by Crippen LogP contribution is -2.42. The van der Waals surface area contributed by atoms with Gasteiger partial charge in [0.15, 0.2) is 0 Å². The molecule has 1 aromatic carbocycles. The van der Waals surface area contributed by atoms with Crippen molar-refractivity contribution in [1.29, 1.82) is 0 Å². The average molecular weight is 347 g/mol. The van der Waals surface area contributed by atoms with Crippen molar-refractivity contribution < 1.29 is 19.4 Å². The van der Waals surface area contributed by atoms with Crippen LogP contribution in [0.3, 0.4) is 0 Å². The number of aliphatic hydroxyl groups is 1. The van der Waals surface area contributed by atoms with E-state index in [1.165, 1.54) is 0 Å². The summed E-state index contributed by atoms with van der Waals surface area (Å²) in [6, 6.07) is 7.81. The lowest BCUT2D eigenvalue weighted by atomic mass is 9.97. The van der Waals surface area contributed by atoms with E-state index in [0.717, 1.165) is 43.7 Å². The minimum Gasteiger partial charge on any atom is -0.491 e. The molecule has 25 heavy (non-hydrogen) atoms. The predicted octanol–water partition coefficient (Wildman–Crippen LogP) is 2.43. The normalized spacial score (nSPS) is 17.0. The summed E-state index contributed by atoms with van der Waals surface area (Å²) in [5.41, 5.74) is 1.07. The molecule has 1 unspecified atom stereocenters. The Bertz CT molecular complexity index is 552. The highest BCUT2D eigenvalue weighted by molar-refractivity contribution is 5.72. The van der Waals surface area contributed by atoms with Crippen LogP contribution in [0.15, 0.2) is 36.9 Å². The van der Waals surface area contributed by atoms with Gasteiger partial charge < -0.3 is 19.5 Å². The van der Waals surface area contributed by atoms with E-state index in [1.807, 2.05) is 37.3 Å². The number of ether oxygens (including phenoxy) is 2. The summed E-state index contributed by atoms with van der Waals surface area (Å²) in [5.74, 6) is 0.697. The standard InChI is InChI=1S/C20H29NO4/c1-3-7-16-8-5-6-9-19(16)25-15-18(22)14-21-12-10-17(11-13-21)20(23)24-4-2/h3,5-6,8-9,17-18,22H,1,4,7,10-15H2,2H3. The van der Waals surface area contributed by atoms with Crippen molar-refractivity contribution in [1.82, 2.24) is 4.90 Å². The average Bonchev–Trinajstić information content (AvgIpc) is 2.62. The molecule has 0 aromatic heterocycles. The molecule has 1 aromatic rings. The van der Waals surface area contributed by atoms with Gasteiger partial charge in [-0.1, -0.05) is 24.3 Å². The van der Waals surface area contributed by atoms with E-state index in [0.29, 0.717) is 13.2 Å². The van der Waals surface area contributed by atoms with Crippen LogP contribution in [0.1, 0.15) is 25.3 Å². The SMILES string of the molecule is C=CCc1ccccc1OCC(O)CN1CCC(C(=O)OCC)CC1. The molecule has 0 bridgehead atoms. The summed E-state index contributed by atoms with van der Waals surface area (Å²) in [7, 11) is 0. The number of allylic oxidation sites excluding steroid dienone is 1. The van der Waals surface area contributed by atoms with Crippen LogP contribution in [0.25, 0.3) is 0 Å². The Labute approximate surface area is 150 Å². The number of hydrogen-bond donors (Lipinski definition) is 1. The van der Waals surface area contributed by atoms with Crippen LogP contribution in [0.4, 0.5) is 0 Å². The first-order valence-corrected chi connectivity index (χ1v) is 9.02.